The van der Waals surface area contributed by atoms with Gasteiger partial charge in [0.25, 0.3) is 5.91 Å². The van der Waals surface area contributed by atoms with E-state index >= 15 is 0 Å². The lowest BCUT2D eigenvalue weighted by molar-refractivity contribution is 0.0930. The Morgan fingerprint density at radius 3 is 2.59 bits per heavy atom. The van der Waals surface area contributed by atoms with Crippen LogP contribution in [0.4, 0.5) is 11.8 Å². The first kappa shape index (κ1) is 17.7. The molecule has 27 heavy (non-hydrogen) atoms. The second kappa shape index (κ2) is 7.89. The molecule has 0 radical (unpaired) electrons. The van der Waals surface area contributed by atoms with Gasteiger partial charge < -0.3 is 25.4 Å². The highest BCUT2D eigenvalue weighted by molar-refractivity contribution is 5.94. The van der Waals surface area contributed by atoms with Crippen LogP contribution in [0.1, 0.15) is 16.8 Å². The van der Waals surface area contributed by atoms with Crippen LogP contribution in [-0.4, -0.2) is 61.4 Å². The summed E-state index contributed by atoms with van der Waals surface area (Å²) in [5.41, 5.74) is 8.15. The Labute approximate surface area is 157 Å². The predicted octanol–water partition coefficient (Wildman–Crippen LogP) is 1.08. The first-order valence-corrected chi connectivity index (χ1v) is 9.15. The summed E-state index contributed by atoms with van der Waals surface area (Å²) in [6, 6.07) is 9.37. The van der Waals surface area contributed by atoms with E-state index < -0.39 is 0 Å². The molecule has 2 fully saturated rings. The smallest absolute Gasteiger partial charge is 0.251 e. The molecule has 1 atom stereocenters. The minimum absolute atomic E-state index is 0.0896. The number of hydrogen-bond acceptors (Lipinski definition) is 7. The monoisotopic (exact) mass is 369 g/mol. The molecule has 3 heterocycles. The number of nitrogen functional groups attached to an aromatic ring is 1. The maximum absolute atomic E-state index is 12.3. The summed E-state index contributed by atoms with van der Waals surface area (Å²) in [6.07, 6.45) is 0.856. The maximum atomic E-state index is 12.3. The summed E-state index contributed by atoms with van der Waals surface area (Å²) < 4.78 is 10.7. The minimum Gasteiger partial charge on any atom is -0.379 e. The van der Waals surface area contributed by atoms with Crippen LogP contribution in [-0.2, 0) is 9.47 Å². The molecule has 0 bridgehead atoms. The van der Waals surface area contributed by atoms with Crippen molar-refractivity contribution in [2.24, 2.45) is 0 Å². The minimum atomic E-state index is -0.0896. The number of nitrogens with two attached hydrogens (primary N) is 1. The molecule has 142 valence electrons. The highest BCUT2D eigenvalue weighted by atomic mass is 16.5. The molecule has 2 saturated heterocycles. The lowest BCUT2D eigenvalue weighted by Gasteiger charge is -2.28. The van der Waals surface area contributed by atoms with Crippen LogP contribution in [0.5, 0.6) is 0 Å². The summed E-state index contributed by atoms with van der Waals surface area (Å²) in [6.45, 7) is 4.18. The van der Waals surface area contributed by atoms with Crippen molar-refractivity contribution >= 4 is 17.7 Å². The van der Waals surface area contributed by atoms with Gasteiger partial charge in [0.05, 0.1) is 31.6 Å². The van der Waals surface area contributed by atoms with Crippen molar-refractivity contribution in [3.05, 3.63) is 35.9 Å². The Hall–Kier alpha value is -2.71. The second-order valence-corrected chi connectivity index (χ2v) is 6.68. The van der Waals surface area contributed by atoms with Crippen molar-refractivity contribution in [1.29, 1.82) is 0 Å². The second-order valence-electron chi connectivity index (χ2n) is 6.68. The lowest BCUT2D eigenvalue weighted by Crippen LogP contribution is -2.36. The van der Waals surface area contributed by atoms with Gasteiger partial charge in [0.15, 0.2) is 0 Å². The van der Waals surface area contributed by atoms with Crippen molar-refractivity contribution in [1.82, 2.24) is 15.3 Å². The van der Waals surface area contributed by atoms with Gasteiger partial charge >= 0.3 is 0 Å². The van der Waals surface area contributed by atoms with Crippen molar-refractivity contribution in [3.8, 4) is 11.3 Å². The summed E-state index contributed by atoms with van der Waals surface area (Å²) in [4.78, 5) is 23.2. The molecule has 2 aliphatic rings. The number of morpholine rings is 1. The molecule has 1 unspecified atom stereocenters. The largest absolute Gasteiger partial charge is 0.379 e. The molecule has 1 aromatic heterocycles. The molecule has 4 rings (SSSR count). The molecule has 8 heteroatoms. The zero-order chi connectivity index (χ0) is 18.6. The van der Waals surface area contributed by atoms with E-state index in [2.05, 4.69) is 20.2 Å². The van der Waals surface area contributed by atoms with Crippen LogP contribution in [0.15, 0.2) is 30.3 Å². The van der Waals surface area contributed by atoms with Crippen LogP contribution >= 0.6 is 0 Å². The zero-order valence-corrected chi connectivity index (χ0v) is 15.1. The number of carbonyl (C=O) groups is 1. The SMILES string of the molecule is Nc1nc(-c2ccc(C(=O)NC3CCOC3)cc2)cc(N2CCOCC2)n1. The van der Waals surface area contributed by atoms with E-state index in [1.54, 1.807) is 12.1 Å². The van der Waals surface area contributed by atoms with Gasteiger partial charge in [-0.2, -0.15) is 4.98 Å². The van der Waals surface area contributed by atoms with Gasteiger partial charge in [-0.3, -0.25) is 4.79 Å². The van der Waals surface area contributed by atoms with E-state index in [0.29, 0.717) is 32.0 Å². The topological polar surface area (TPSA) is 103 Å². The van der Waals surface area contributed by atoms with E-state index in [1.807, 2.05) is 18.2 Å². The van der Waals surface area contributed by atoms with Crippen molar-refractivity contribution in [2.45, 2.75) is 12.5 Å². The zero-order valence-electron chi connectivity index (χ0n) is 15.1. The number of benzene rings is 1. The van der Waals surface area contributed by atoms with Gasteiger partial charge in [-0.05, 0) is 18.6 Å². The number of carbonyl (C=O) groups excluding carboxylic acids is 1. The summed E-state index contributed by atoms with van der Waals surface area (Å²) >= 11 is 0. The fraction of sp³-hybridized carbons (Fsp3) is 0.421. The van der Waals surface area contributed by atoms with Crippen LogP contribution in [0.3, 0.4) is 0 Å². The number of anilines is 2. The molecule has 0 spiro atoms. The summed E-state index contributed by atoms with van der Waals surface area (Å²) in [5.74, 6) is 0.939. The first-order valence-electron chi connectivity index (χ1n) is 9.15. The standard InChI is InChI=1S/C19H23N5O3/c20-19-22-16(11-17(23-19)24-6-9-26-10-7-24)13-1-3-14(4-2-13)18(25)21-15-5-8-27-12-15/h1-4,11,15H,5-10,12H2,(H,21,25)(H2,20,22,23). The van der Waals surface area contributed by atoms with E-state index in [4.69, 9.17) is 15.2 Å². The van der Waals surface area contributed by atoms with Crippen LogP contribution < -0.4 is 16.0 Å². The van der Waals surface area contributed by atoms with Crippen molar-refractivity contribution < 1.29 is 14.3 Å². The summed E-state index contributed by atoms with van der Waals surface area (Å²) in [7, 11) is 0. The molecule has 8 nitrogen and oxygen atoms in total. The van der Waals surface area contributed by atoms with Gasteiger partial charge in [0.1, 0.15) is 5.82 Å². The van der Waals surface area contributed by atoms with Crippen molar-refractivity contribution in [3.63, 3.8) is 0 Å². The normalized spacial score (nSPS) is 19.9. The molecule has 2 aliphatic heterocycles. The van der Waals surface area contributed by atoms with E-state index in [0.717, 1.165) is 36.6 Å². The quantitative estimate of drug-likeness (QED) is 0.831. The first-order chi connectivity index (χ1) is 13.2. The van der Waals surface area contributed by atoms with E-state index in [9.17, 15) is 4.79 Å². The Morgan fingerprint density at radius 2 is 1.89 bits per heavy atom. The fourth-order valence-corrected chi connectivity index (χ4v) is 3.26. The van der Waals surface area contributed by atoms with Crippen LogP contribution in [0.25, 0.3) is 11.3 Å². The lowest BCUT2D eigenvalue weighted by atomic mass is 10.1. The molecule has 2 aromatic rings. The molecule has 0 aliphatic carbocycles. The van der Waals surface area contributed by atoms with Gasteiger partial charge in [0.2, 0.25) is 5.95 Å². The Bertz CT molecular complexity index is 799. The third kappa shape index (κ3) is 4.17. The Kier molecular flexibility index (Phi) is 5.17. The van der Waals surface area contributed by atoms with Crippen LogP contribution in [0, 0.1) is 0 Å². The third-order valence-corrected chi connectivity index (χ3v) is 4.77. The van der Waals surface area contributed by atoms with Crippen molar-refractivity contribution in [2.75, 3.05) is 50.2 Å². The number of amides is 1. The van der Waals surface area contributed by atoms with Gasteiger partial charge in [0, 0.05) is 36.9 Å². The molecular formula is C19H23N5O3. The highest BCUT2D eigenvalue weighted by Gasteiger charge is 2.19. The fourth-order valence-electron chi connectivity index (χ4n) is 3.26. The highest BCUT2D eigenvalue weighted by Crippen LogP contribution is 2.24. The van der Waals surface area contributed by atoms with E-state index in [-0.39, 0.29) is 17.9 Å². The van der Waals surface area contributed by atoms with Gasteiger partial charge in [-0.25, -0.2) is 4.98 Å². The molecule has 0 saturated carbocycles. The molecule has 1 amide bonds. The van der Waals surface area contributed by atoms with Crippen LogP contribution in [0.2, 0.25) is 0 Å². The number of aromatic nitrogens is 2. The average molecular weight is 369 g/mol. The Balaban J connectivity index is 1.51. The van der Waals surface area contributed by atoms with E-state index in [1.165, 1.54) is 0 Å². The number of rotatable bonds is 4. The average Bonchev–Trinajstić information content (AvgIpc) is 3.21. The van der Waals surface area contributed by atoms with Gasteiger partial charge in [-0.15, -0.1) is 0 Å². The number of hydrogen-bond donors (Lipinski definition) is 2. The summed E-state index contributed by atoms with van der Waals surface area (Å²) in [5, 5.41) is 2.99. The molecule has 1 aromatic carbocycles. The molecular weight excluding hydrogens is 346 g/mol. The maximum Gasteiger partial charge on any atom is 0.251 e. The third-order valence-electron chi connectivity index (χ3n) is 4.77. The number of nitrogens with zero attached hydrogens (tertiary/aromatic N) is 3. The predicted molar refractivity (Wildman–Crippen MR) is 102 cm³/mol. The number of ether oxygens (including phenoxy) is 2. The molecule has 3 N–H and O–H groups in total. The Morgan fingerprint density at radius 1 is 1.11 bits per heavy atom. The number of nitrogens with one attached hydrogen (secondary N) is 1. The van der Waals surface area contributed by atoms with Gasteiger partial charge in [-0.1, -0.05) is 12.1 Å².